The largest absolute Gasteiger partial charge is 0.394 e. The Kier molecular flexibility index (Phi) is 6.02. The van der Waals surface area contributed by atoms with Gasteiger partial charge < -0.3 is 26.0 Å². The third-order valence-corrected chi connectivity index (χ3v) is 2.70. The number of nitriles is 1. The first kappa shape index (κ1) is 15.2. The number of allylic oxidation sites excluding steroid dienone is 1. The Morgan fingerprint density at radius 2 is 2.37 bits per heavy atom. The van der Waals surface area contributed by atoms with Crippen LogP contribution in [0.2, 0.25) is 0 Å². The molecule has 0 aromatic heterocycles. The normalized spacial score (nSPS) is 28.6. The monoisotopic (exact) mass is 267 g/mol. The third kappa shape index (κ3) is 4.71. The van der Waals surface area contributed by atoms with Crippen molar-refractivity contribution >= 4 is 5.91 Å². The molecule has 0 spiro atoms. The number of carbonyl (C=O) groups is 1. The number of nitrogens with one attached hydrogen (secondary N) is 1. The Bertz CT molecular complexity index is 402. The Morgan fingerprint density at radius 3 is 2.89 bits per heavy atom. The minimum absolute atomic E-state index is 0.252. The lowest BCUT2D eigenvalue weighted by Crippen LogP contribution is -2.27. The van der Waals surface area contributed by atoms with Gasteiger partial charge in [0.05, 0.1) is 24.7 Å². The quantitative estimate of drug-likeness (QED) is 0.445. The Labute approximate surface area is 111 Å². The van der Waals surface area contributed by atoms with Crippen LogP contribution in [0.5, 0.6) is 0 Å². The number of hydrogen-bond donors (Lipinski definition) is 4. The fraction of sp³-hybridized carbons (Fsp3) is 0.500. The SMILES string of the molecule is N#CC=CC(/C=C/NC1CC(O)C(CO)O1)C(N)=O. The maximum absolute atomic E-state index is 11.1. The zero-order chi connectivity index (χ0) is 14.3. The fourth-order valence-corrected chi connectivity index (χ4v) is 1.67. The standard InChI is InChI=1S/C12H17N3O4/c13-4-1-2-8(12(14)18)3-5-15-11-6-9(17)10(7-16)19-11/h1-3,5,8-11,15-17H,6-7H2,(H2,14,18)/b2-1?,5-3+. The summed E-state index contributed by atoms with van der Waals surface area (Å²) in [6.07, 6.45) is 4.10. The Hall–Kier alpha value is -1.88. The molecule has 19 heavy (non-hydrogen) atoms. The van der Waals surface area contributed by atoms with E-state index in [0.717, 1.165) is 0 Å². The van der Waals surface area contributed by atoms with Gasteiger partial charge in [-0.2, -0.15) is 5.26 Å². The lowest BCUT2D eigenvalue weighted by atomic mass is 10.1. The van der Waals surface area contributed by atoms with Gasteiger partial charge in [0.2, 0.25) is 5.91 Å². The van der Waals surface area contributed by atoms with Gasteiger partial charge in [-0.1, -0.05) is 12.2 Å². The molecule has 0 aromatic carbocycles. The Morgan fingerprint density at radius 1 is 1.63 bits per heavy atom. The summed E-state index contributed by atoms with van der Waals surface area (Å²) >= 11 is 0. The molecule has 7 heteroatoms. The van der Waals surface area contributed by atoms with Gasteiger partial charge in [0.15, 0.2) is 0 Å². The van der Waals surface area contributed by atoms with Gasteiger partial charge in [0.25, 0.3) is 0 Å². The lowest BCUT2D eigenvalue weighted by molar-refractivity contribution is -0.119. The average Bonchev–Trinajstić information content (AvgIpc) is 2.73. The van der Waals surface area contributed by atoms with E-state index in [1.54, 1.807) is 6.07 Å². The Balaban J connectivity index is 2.47. The lowest BCUT2D eigenvalue weighted by Gasteiger charge is -2.12. The van der Waals surface area contributed by atoms with E-state index in [1.165, 1.54) is 24.4 Å². The molecular weight excluding hydrogens is 250 g/mol. The average molecular weight is 267 g/mol. The van der Waals surface area contributed by atoms with Crippen molar-refractivity contribution in [3.05, 3.63) is 24.4 Å². The first-order chi connectivity index (χ1) is 9.08. The second-order valence-corrected chi connectivity index (χ2v) is 4.09. The van der Waals surface area contributed by atoms with Gasteiger partial charge in [0, 0.05) is 12.5 Å². The van der Waals surface area contributed by atoms with E-state index in [9.17, 15) is 9.90 Å². The number of nitrogens with zero attached hydrogens (tertiary/aromatic N) is 1. The molecule has 5 N–H and O–H groups in total. The number of hydrogen-bond acceptors (Lipinski definition) is 6. The molecule has 0 bridgehead atoms. The molecule has 0 aliphatic carbocycles. The molecule has 0 saturated carbocycles. The fourth-order valence-electron chi connectivity index (χ4n) is 1.67. The van der Waals surface area contributed by atoms with Crippen LogP contribution >= 0.6 is 0 Å². The smallest absolute Gasteiger partial charge is 0.228 e. The molecule has 1 heterocycles. The summed E-state index contributed by atoms with van der Waals surface area (Å²) in [5.74, 6) is -1.27. The molecule has 4 atom stereocenters. The molecule has 4 unspecified atom stereocenters. The summed E-state index contributed by atoms with van der Waals surface area (Å²) in [5, 5.41) is 29.6. The van der Waals surface area contributed by atoms with Crippen LogP contribution in [0.15, 0.2) is 24.4 Å². The van der Waals surface area contributed by atoms with Crippen LogP contribution in [0, 0.1) is 17.2 Å². The van der Waals surface area contributed by atoms with E-state index < -0.39 is 30.3 Å². The number of rotatable bonds is 6. The molecule has 104 valence electrons. The maximum Gasteiger partial charge on any atom is 0.228 e. The highest BCUT2D eigenvalue weighted by Crippen LogP contribution is 2.18. The van der Waals surface area contributed by atoms with Crippen LogP contribution in [0.25, 0.3) is 0 Å². The van der Waals surface area contributed by atoms with E-state index >= 15 is 0 Å². The summed E-state index contributed by atoms with van der Waals surface area (Å²) < 4.78 is 5.30. The number of carbonyl (C=O) groups excluding carboxylic acids is 1. The molecule has 1 amide bonds. The number of aliphatic hydroxyl groups is 2. The highest BCUT2D eigenvalue weighted by atomic mass is 16.5. The zero-order valence-corrected chi connectivity index (χ0v) is 10.3. The maximum atomic E-state index is 11.1. The number of primary amides is 1. The predicted molar refractivity (Wildman–Crippen MR) is 66.1 cm³/mol. The van der Waals surface area contributed by atoms with E-state index in [-0.39, 0.29) is 6.61 Å². The van der Waals surface area contributed by atoms with E-state index in [0.29, 0.717) is 6.42 Å². The number of aliphatic hydroxyl groups excluding tert-OH is 2. The van der Waals surface area contributed by atoms with E-state index in [2.05, 4.69) is 5.32 Å². The highest BCUT2D eigenvalue weighted by molar-refractivity contribution is 5.80. The first-order valence-electron chi connectivity index (χ1n) is 5.81. The number of ether oxygens (including phenoxy) is 1. The van der Waals surface area contributed by atoms with Crippen LogP contribution < -0.4 is 11.1 Å². The number of amides is 1. The molecular formula is C12H17N3O4. The summed E-state index contributed by atoms with van der Waals surface area (Å²) in [5.41, 5.74) is 5.15. The molecule has 1 aliphatic heterocycles. The minimum atomic E-state index is -0.721. The minimum Gasteiger partial charge on any atom is -0.394 e. The molecule has 1 aliphatic rings. The molecule has 0 aromatic rings. The van der Waals surface area contributed by atoms with Gasteiger partial charge in [-0.3, -0.25) is 4.79 Å². The summed E-state index contributed by atoms with van der Waals surface area (Å²) in [7, 11) is 0. The van der Waals surface area contributed by atoms with E-state index in [4.69, 9.17) is 20.8 Å². The van der Waals surface area contributed by atoms with Gasteiger partial charge in [0.1, 0.15) is 12.3 Å². The van der Waals surface area contributed by atoms with Crippen molar-refractivity contribution in [2.75, 3.05) is 6.61 Å². The van der Waals surface area contributed by atoms with Crippen molar-refractivity contribution in [2.45, 2.75) is 24.9 Å². The molecule has 1 fully saturated rings. The highest BCUT2D eigenvalue weighted by Gasteiger charge is 2.32. The second kappa shape index (κ2) is 7.53. The third-order valence-electron chi connectivity index (χ3n) is 2.70. The van der Waals surface area contributed by atoms with Crippen LogP contribution in [0.4, 0.5) is 0 Å². The zero-order valence-electron chi connectivity index (χ0n) is 10.3. The molecule has 7 nitrogen and oxygen atoms in total. The summed E-state index contributed by atoms with van der Waals surface area (Å²) in [6.45, 7) is -0.252. The van der Waals surface area contributed by atoms with Gasteiger partial charge in [-0.25, -0.2) is 0 Å². The van der Waals surface area contributed by atoms with Gasteiger partial charge >= 0.3 is 0 Å². The number of nitrogens with two attached hydrogens (primary N) is 1. The predicted octanol–water partition coefficient (Wildman–Crippen LogP) is -1.26. The molecule has 0 radical (unpaired) electrons. The van der Waals surface area contributed by atoms with Crippen LogP contribution in [0.3, 0.4) is 0 Å². The molecule has 1 rings (SSSR count). The van der Waals surface area contributed by atoms with Crippen molar-refractivity contribution in [3.63, 3.8) is 0 Å². The van der Waals surface area contributed by atoms with Crippen molar-refractivity contribution in [1.82, 2.24) is 5.32 Å². The van der Waals surface area contributed by atoms with Crippen molar-refractivity contribution in [3.8, 4) is 6.07 Å². The summed E-state index contributed by atoms with van der Waals surface area (Å²) in [6, 6.07) is 1.78. The van der Waals surface area contributed by atoms with E-state index in [1.807, 2.05) is 0 Å². The van der Waals surface area contributed by atoms with Gasteiger partial charge in [-0.05, 0) is 6.20 Å². The first-order valence-corrected chi connectivity index (χ1v) is 5.81. The van der Waals surface area contributed by atoms with Crippen LogP contribution in [0.1, 0.15) is 6.42 Å². The molecule has 1 saturated heterocycles. The second-order valence-electron chi connectivity index (χ2n) is 4.09. The van der Waals surface area contributed by atoms with Crippen molar-refractivity contribution < 1.29 is 19.7 Å². The summed E-state index contributed by atoms with van der Waals surface area (Å²) in [4.78, 5) is 11.1. The topological polar surface area (TPSA) is 129 Å². The van der Waals surface area contributed by atoms with Gasteiger partial charge in [-0.15, -0.1) is 0 Å². The van der Waals surface area contributed by atoms with Crippen molar-refractivity contribution in [2.24, 2.45) is 11.7 Å². The van der Waals surface area contributed by atoms with Crippen molar-refractivity contribution in [1.29, 1.82) is 5.26 Å². The van der Waals surface area contributed by atoms with Crippen LogP contribution in [-0.2, 0) is 9.53 Å². The van der Waals surface area contributed by atoms with Crippen LogP contribution in [-0.4, -0.2) is 41.2 Å².